The number of hydrogen-bond acceptors (Lipinski definition) is 4. The molecule has 0 aliphatic carbocycles. The Labute approximate surface area is 199 Å². The topological polar surface area (TPSA) is 105 Å². The molecule has 4 N–H and O–H groups in total. The molecule has 3 rings (SSSR count). The largest absolute Gasteiger partial charge is 0.465 e. The molecule has 3 aromatic rings. The van der Waals surface area contributed by atoms with Crippen LogP contribution < -0.4 is 11.1 Å². The van der Waals surface area contributed by atoms with Gasteiger partial charge in [0.25, 0.3) is 5.91 Å². The fourth-order valence-corrected chi connectivity index (χ4v) is 3.30. The summed E-state index contributed by atoms with van der Waals surface area (Å²) in [6.07, 6.45) is 0. The number of nitrogen functional groups attached to an aromatic ring is 1. The summed E-state index contributed by atoms with van der Waals surface area (Å²) in [4.78, 5) is 25.2. The number of carbonyl (C=O) groups excluding carboxylic acids is 2. The molecule has 6 heteroatoms. The lowest BCUT2D eigenvalue weighted by Gasteiger charge is -2.13. The monoisotopic (exact) mass is 453 g/mol. The molecule has 0 saturated carbocycles. The Bertz CT molecular complexity index is 1280. The maximum absolute atomic E-state index is 12.6. The lowest BCUT2D eigenvalue weighted by atomic mass is 9.93. The molecular weight excluding hydrogens is 426 g/mol. The van der Waals surface area contributed by atoms with Crippen LogP contribution in [-0.4, -0.2) is 31.4 Å². The van der Waals surface area contributed by atoms with Gasteiger partial charge in [0.05, 0.1) is 12.7 Å². The van der Waals surface area contributed by atoms with Gasteiger partial charge in [0.2, 0.25) is 0 Å². The minimum Gasteiger partial charge on any atom is -0.465 e. The molecular formula is C28H27N3O3. The number of rotatable bonds is 6. The third-order valence-corrected chi connectivity index (χ3v) is 5.11. The fraction of sp³-hybridized carbons (Fsp3) is 0.179. The predicted octanol–water partition coefficient (Wildman–Crippen LogP) is 4.21. The molecule has 0 radical (unpaired) electrons. The van der Waals surface area contributed by atoms with Crippen molar-refractivity contribution in [1.82, 2.24) is 5.32 Å². The molecule has 0 aliphatic heterocycles. The van der Waals surface area contributed by atoms with E-state index in [0.29, 0.717) is 34.7 Å². The van der Waals surface area contributed by atoms with Gasteiger partial charge >= 0.3 is 5.97 Å². The van der Waals surface area contributed by atoms with E-state index in [2.05, 4.69) is 17.2 Å². The second kappa shape index (κ2) is 11.0. The summed E-state index contributed by atoms with van der Waals surface area (Å²) in [5, 5.41) is 10.4. The first-order valence-electron chi connectivity index (χ1n) is 10.9. The molecule has 0 bridgehead atoms. The van der Waals surface area contributed by atoms with E-state index in [0.717, 1.165) is 16.7 Å². The molecule has 0 atom stereocenters. The van der Waals surface area contributed by atoms with Crippen LogP contribution in [0.15, 0.2) is 66.7 Å². The van der Waals surface area contributed by atoms with Crippen LogP contribution >= 0.6 is 0 Å². The average Bonchev–Trinajstić information content (AvgIpc) is 2.85. The van der Waals surface area contributed by atoms with Gasteiger partial charge in [0.1, 0.15) is 5.84 Å². The standard InChI is InChI=1S/C28H27N3O3/c1-18(2)17-31-27(32)22-14-15-24(25(16-22)28(33)34-3)23-7-5-4-6-20(23)11-8-19-9-12-21(13-10-19)26(29)30/h4-7,9-10,12-16,18H,17H2,1-3H3,(H3,29,30)(H,31,32). The molecule has 34 heavy (non-hydrogen) atoms. The molecule has 0 aromatic heterocycles. The lowest BCUT2D eigenvalue weighted by Crippen LogP contribution is -2.27. The quantitative estimate of drug-likeness (QED) is 0.225. The van der Waals surface area contributed by atoms with E-state index in [1.54, 1.807) is 42.5 Å². The Morgan fingerprint density at radius 3 is 2.29 bits per heavy atom. The number of hydrogen-bond donors (Lipinski definition) is 3. The number of methoxy groups -OCH3 is 1. The SMILES string of the molecule is COC(=O)c1cc(C(=O)NCC(C)C)ccc1-c1ccccc1C#Cc1ccc(C(=N)N)cc1. The number of amidine groups is 1. The highest BCUT2D eigenvalue weighted by molar-refractivity contribution is 6.02. The first-order chi connectivity index (χ1) is 16.3. The number of nitrogens with two attached hydrogens (primary N) is 1. The van der Waals surface area contributed by atoms with Crippen LogP contribution in [0.4, 0.5) is 0 Å². The second-order valence-corrected chi connectivity index (χ2v) is 8.14. The van der Waals surface area contributed by atoms with Gasteiger partial charge in [-0.25, -0.2) is 4.79 Å². The summed E-state index contributed by atoms with van der Waals surface area (Å²) in [6.45, 7) is 4.57. The molecule has 0 heterocycles. The summed E-state index contributed by atoms with van der Waals surface area (Å²) in [5.74, 6) is 5.82. The molecule has 3 aromatic carbocycles. The van der Waals surface area contributed by atoms with Crippen LogP contribution in [-0.2, 0) is 4.74 Å². The fourth-order valence-electron chi connectivity index (χ4n) is 3.30. The van der Waals surface area contributed by atoms with Crippen LogP contribution in [0, 0.1) is 23.2 Å². The molecule has 0 unspecified atom stereocenters. The predicted molar refractivity (Wildman–Crippen MR) is 134 cm³/mol. The second-order valence-electron chi connectivity index (χ2n) is 8.14. The van der Waals surface area contributed by atoms with Gasteiger partial charge in [-0.2, -0.15) is 0 Å². The summed E-state index contributed by atoms with van der Waals surface area (Å²) >= 11 is 0. The van der Waals surface area contributed by atoms with Gasteiger partial charge in [0.15, 0.2) is 0 Å². The van der Waals surface area contributed by atoms with E-state index in [9.17, 15) is 9.59 Å². The highest BCUT2D eigenvalue weighted by Gasteiger charge is 2.18. The van der Waals surface area contributed by atoms with Crippen molar-refractivity contribution in [2.75, 3.05) is 13.7 Å². The molecule has 0 saturated heterocycles. The van der Waals surface area contributed by atoms with Crippen molar-refractivity contribution in [3.05, 3.63) is 94.5 Å². The Morgan fingerprint density at radius 1 is 0.971 bits per heavy atom. The third kappa shape index (κ3) is 5.90. The number of carbonyl (C=O) groups is 2. The van der Waals surface area contributed by atoms with Crippen molar-refractivity contribution < 1.29 is 14.3 Å². The maximum Gasteiger partial charge on any atom is 0.338 e. The van der Waals surface area contributed by atoms with Crippen molar-refractivity contribution >= 4 is 17.7 Å². The first kappa shape index (κ1) is 24.3. The van der Waals surface area contributed by atoms with Gasteiger partial charge in [0, 0.05) is 28.8 Å². The minimum atomic E-state index is -0.531. The number of nitrogens with one attached hydrogen (secondary N) is 2. The highest BCUT2D eigenvalue weighted by atomic mass is 16.5. The molecule has 0 spiro atoms. The molecule has 6 nitrogen and oxygen atoms in total. The number of benzene rings is 3. The third-order valence-electron chi connectivity index (χ3n) is 5.11. The van der Waals surface area contributed by atoms with E-state index in [-0.39, 0.29) is 11.7 Å². The van der Waals surface area contributed by atoms with Gasteiger partial charge < -0.3 is 15.8 Å². The number of esters is 1. The van der Waals surface area contributed by atoms with Gasteiger partial charge in [-0.15, -0.1) is 0 Å². The molecule has 0 fully saturated rings. The molecule has 172 valence electrons. The smallest absolute Gasteiger partial charge is 0.338 e. The zero-order valence-corrected chi connectivity index (χ0v) is 19.4. The Hall–Kier alpha value is -4.37. The van der Waals surface area contributed by atoms with Gasteiger partial charge in [-0.05, 0) is 47.4 Å². The van der Waals surface area contributed by atoms with E-state index in [1.807, 2.05) is 38.1 Å². The Kier molecular flexibility index (Phi) is 7.83. The summed E-state index contributed by atoms with van der Waals surface area (Å²) < 4.78 is 5.00. The van der Waals surface area contributed by atoms with E-state index >= 15 is 0 Å². The maximum atomic E-state index is 12.6. The van der Waals surface area contributed by atoms with Gasteiger partial charge in [-0.1, -0.05) is 62.1 Å². The molecule has 0 aliphatic rings. The van der Waals surface area contributed by atoms with Crippen LogP contribution in [0.5, 0.6) is 0 Å². The zero-order chi connectivity index (χ0) is 24.7. The number of amides is 1. The first-order valence-corrected chi connectivity index (χ1v) is 10.9. The van der Waals surface area contributed by atoms with Gasteiger partial charge in [-0.3, -0.25) is 10.2 Å². The number of ether oxygens (including phenoxy) is 1. The van der Waals surface area contributed by atoms with E-state index in [1.165, 1.54) is 7.11 Å². The van der Waals surface area contributed by atoms with Crippen LogP contribution in [0.3, 0.4) is 0 Å². The Balaban J connectivity index is 2.01. The zero-order valence-electron chi connectivity index (χ0n) is 19.4. The van der Waals surface area contributed by atoms with Crippen molar-refractivity contribution in [2.45, 2.75) is 13.8 Å². The average molecular weight is 454 g/mol. The summed E-state index contributed by atoms with van der Waals surface area (Å²) in [7, 11) is 1.31. The van der Waals surface area contributed by atoms with Crippen LogP contribution in [0.25, 0.3) is 11.1 Å². The van der Waals surface area contributed by atoms with Crippen LogP contribution in [0.2, 0.25) is 0 Å². The van der Waals surface area contributed by atoms with Crippen molar-refractivity contribution in [3.8, 4) is 23.0 Å². The molecule has 1 amide bonds. The summed E-state index contributed by atoms with van der Waals surface area (Å²) in [6, 6.07) is 19.6. The Morgan fingerprint density at radius 2 is 1.65 bits per heavy atom. The summed E-state index contributed by atoms with van der Waals surface area (Å²) in [5.41, 5.74) is 9.69. The minimum absolute atomic E-state index is 0.00142. The van der Waals surface area contributed by atoms with Crippen molar-refractivity contribution in [3.63, 3.8) is 0 Å². The highest BCUT2D eigenvalue weighted by Crippen LogP contribution is 2.28. The lowest BCUT2D eigenvalue weighted by molar-refractivity contribution is 0.0601. The van der Waals surface area contributed by atoms with Crippen molar-refractivity contribution in [2.24, 2.45) is 11.7 Å². The van der Waals surface area contributed by atoms with E-state index < -0.39 is 5.97 Å². The van der Waals surface area contributed by atoms with E-state index in [4.69, 9.17) is 15.9 Å². The van der Waals surface area contributed by atoms with Crippen molar-refractivity contribution in [1.29, 1.82) is 5.41 Å². The normalized spacial score (nSPS) is 10.2. The van der Waals surface area contributed by atoms with Crippen LogP contribution in [0.1, 0.15) is 51.3 Å².